The van der Waals surface area contributed by atoms with Gasteiger partial charge in [-0.2, -0.15) is 0 Å². The molecule has 0 saturated heterocycles. The Labute approximate surface area is 81.4 Å². The predicted molar refractivity (Wildman–Crippen MR) is 49.2 cm³/mol. The number of rotatable bonds is 0. The monoisotopic (exact) mass is 286 g/mol. The first-order chi connectivity index (χ1) is 5.04. The molecule has 0 aliphatic carbocycles. The van der Waals surface area contributed by atoms with E-state index in [1.807, 2.05) is 0 Å². The van der Waals surface area contributed by atoms with Gasteiger partial charge < -0.3 is 15.3 Å². The standard InChI is InChI=1S/C6H4ClIO3/c7-4-5(10)2(8)1-3(9)6(4)11/h1,9-11H. The third-order valence-corrected chi connectivity index (χ3v) is 2.33. The molecule has 0 saturated carbocycles. The van der Waals surface area contributed by atoms with Crippen molar-refractivity contribution in [2.45, 2.75) is 0 Å². The van der Waals surface area contributed by atoms with Gasteiger partial charge in [-0.25, -0.2) is 0 Å². The SMILES string of the molecule is Oc1cc(I)c(O)c(Cl)c1O. The smallest absolute Gasteiger partial charge is 0.180 e. The summed E-state index contributed by atoms with van der Waals surface area (Å²) < 4.78 is 0.392. The molecule has 0 aliphatic rings. The van der Waals surface area contributed by atoms with Gasteiger partial charge in [0.15, 0.2) is 17.2 Å². The maximum Gasteiger partial charge on any atom is 0.180 e. The Balaban J connectivity index is 3.46. The van der Waals surface area contributed by atoms with Gasteiger partial charge in [-0.15, -0.1) is 0 Å². The third-order valence-electron chi connectivity index (χ3n) is 1.15. The van der Waals surface area contributed by atoms with Crippen LogP contribution in [0.2, 0.25) is 5.02 Å². The molecule has 3 N–H and O–H groups in total. The van der Waals surface area contributed by atoms with Crippen LogP contribution in [0.15, 0.2) is 6.07 Å². The van der Waals surface area contributed by atoms with Crippen LogP contribution in [-0.4, -0.2) is 15.3 Å². The number of phenols is 3. The van der Waals surface area contributed by atoms with Gasteiger partial charge in [0.25, 0.3) is 0 Å². The maximum absolute atomic E-state index is 9.10. The zero-order valence-corrected chi connectivity index (χ0v) is 8.09. The van der Waals surface area contributed by atoms with Gasteiger partial charge in [-0.3, -0.25) is 0 Å². The van der Waals surface area contributed by atoms with E-state index in [1.54, 1.807) is 22.6 Å². The lowest BCUT2D eigenvalue weighted by Crippen LogP contribution is -1.77. The van der Waals surface area contributed by atoms with Gasteiger partial charge in [0.1, 0.15) is 5.02 Å². The maximum atomic E-state index is 9.10. The van der Waals surface area contributed by atoms with Crippen LogP contribution in [0.25, 0.3) is 0 Å². The summed E-state index contributed by atoms with van der Waals surface area (Å²) in [6.07, 6.45) is 0. The Morgan fingerprint density at radius 2 is 1.73 bits per heavy atom. The topological polar surface area (TPSA) is 60.7 Å². The molecule has 0 bridgehead atoms. The van der Waals surface area contributed by atoms with E-state index in [9.17, 15) is 0 Å². The van der Waals surface area contributed by atoms with E-state index in [-0.39, 0.29) is 16.5 Å². The lowest BCUT2D eigenvalue weighted by molar-refractivity contribution is 0.395. The van der Waals surface area contributed by atoms with Crippen molar-refractivity contribution in [2.24, 2.45) is 0 Å². The first-order valence-electron chi connectivity index (χ1n) is 2.63. The molecule has 0 unspecified atom stereocenters. The van der Waals surface area contributed by atoms with Gasteiger partial charge >= 0.3 is 0 Å². The van der Waals surface area contributed by atoms with Crippen molar-refractivity contribution < 1.29 is 15.3 Å². The summed E-state index contributed by atoms with van der Waals surface area (Å²) in [6, 6.07) is 1.22. The zero-order chi connectivity index (χ0) is 8.59. The highest BCUT2D eigenvalue weighted by Crippen LogP contribution is 2.42. The number of benzene rings is 1. The van der Waals surface area contributed by atoms with E-state index in [0.29, 0.717) is 3.57 Å². The molecule has 0 heterocycles. The average Bonchev–Trinajstić information content (AvgIpc) is 1.97. The summed E-state index contributed by atoms with van der Waals surface area (Å²) in [5.74, 6) is -1.05. The second-order valence-electron chi connectivity index (χ2n) is 1.89. The molecule has 1 rings (SSSR count). The molecule has 0 spiro atoms. The molecule has 0 aromatic heterocycles. The lowest BCUT2D eigenvalue weighted by atomic mass is 10.3. The Kier molecular flexibility index (Phi) is 2.34. The van der Waals surface area contributed by atoms with E-state index in [4.69, 9.17) is 26.9 Å². The van der Waals surface area contributed by atoms with Gasteiger partial charge in [-0.05, 0) is 22.6 Å². The van der Waals surface area contributed by atoms with Crippen molar-refractivity contribution in [3.05, 3.63) is 14.7 Å². The van der Waals surface area contributed by atoms with Crippen LogP contribution in [0.3, 0.4) is 0 Å². The van der Waals surface area contributed by atoms with Crippen LogP contribution in [0.4, 0.5) is 0 Å². The molecule has 0 radical (unpaired) electrons. The molecule has 5 heteroatoms. The highest BCUT2D eigenvalue weighted by Gasteiger charge is 2.12. The fraction of sp³-hybridized carbons (Fsp3) is 0. The molecule has 3 nitrogen and oxygen atoms in total. The molecule has 0 atom stereocenters. The molecule has 1 aromatic carbocycles. The summed E-state index contributed by atoms with van der Waals surface area (Å²) in [5, 5.41) is 26.8. The fourth-order valence-electron chi connectivity index (χ4n) is 0.586. The largest absolute Gasteiger partial charge is 0.505 e. The summed E-state index contributed by atoms with van der Waals surface area (Å²) >= 11 is 7.21. The summed E-state index contributed by atoms with van der Waals surface area (Å²) in [6.45, 7) is 0. The highest BCUT2D eigenvalue weighted by molar-refractivity contribution is 14.1. The Bertz CT molecular complexity index is 274. The Hall–Kier alpha value is -0.360. The van der Waals surface area contributed by atoms with Crippen molar-refractivity contribution in [1.82, 2.24) is 0 Å². The van der Waals surface area contributed by atoms with Crippen LogP contribution in [0.1, 0.15) is 0 Å². The molecule has 0 amide bonds. The minimum atomic E-state index is -0.496. The second kappa shape index (κ2) is 2.94. The van der Waals surface area contributed by atoms with Crippen LogP contribution in [0.5, 0.6) is 17.2 Å². The normalized spacial score (nSPS) is 10.0. The van der Waals surface area contributed by atoms with Crippen molar-refractivity contribution in [2.75, 3.05) is 0 Å². The molecule has 60 valence electrons. The van der Waals surface area contributed by atoms with Crippen LogP contribution >= 0.6 is 34.2 Å². The van der Waals surface area contributed by atoms with E-state index < -0.39 is 5.75 Å². The van der Waals surface area contributed by atoms with Gasteiger partial charge in [-0.1, -0.05) is 11.6 Å². The molecule has 0 aliphatic heterocycles. The predicted octanol–water partition coefficient (Wildman–Crippen LogP) is 2.06. The van der Waals surface area contributed by atoms with Gasteiger partial charge in [0.05, 0.1) is 3.57 Å². The first kappa shape index (κ1) is 8.73. The number of hydrogen-bond donors (Lipinski definition) is 3. The van der Waals surface area contributed by atoms with Crippen LogP contribution in [-0.2, 0) is 0 Å². The van der Waals surface area contributed by atoms with Gasteiger partial charge in [0.2, 0.25) is 0 Å². The second-order valence-corrected chi connectivity index (χ2v) is 3.43. The number of aromatic hydroxyl groups is 3. The first-order valence-corrected chi connectivity index (χ1v) is 4.08. The zero-order valence-electron chi connectivity index (χ0n) is 5.17. The van der Waals surface area contributed by atoms with Gasteiger partial charge in [0, 0.05) is 6.07 Å². The van der Waals surface area contributed by atoms with E-state index in [1.165, 1.54) is 6.07 Å². The van der Waals surface area contributed by atoms with Crippen molar-refractivity contribution in [3.8, 4) is 17.2 Å². The Morgan fingerprint density at radius 3 is 2.27 bits per heavy atom. The minimum Gasteiger partial charge on any atom is -0.505 e. The minimum absolute atomic E-state index is 0.220. The quantitative estimate of drug-likeness (QED) is 0.389. The van der Waals surface area contributed by atoms with Crippen molar-refractivity contribution >= 4 is 34.2 Å². The van der Waals surface area contributed by atoms with E-state index in [0.717, 1.165) is 0 Å². The molecular formula is C6H4ClIO3. The van der Waals surface area contributed by atoms with E-state index >= 15 is 0 Å². The summed E-state index contributed by atoms with van der Waals surface area (Å²) in [4.78, 5) is 0. The average molecular weight is 286 g/mol. The van der Waals surface area contributed by atoms with Crippen molar-refractivity contribution in [3.63, 3.8) is 0 Å². The Morgan fingerprint density at radius 1 is 1.18 bits per heavy atom. The highest BCUT2D eigenvalue weighted by atomic mass is 127. The number of halogens is 2. The van der Waals surface area contributed by atoms with Crippen LogP contribution in [0, 0.1) is 3.57 Å². The fourth-order valence-corrected chi connectivity index (χ4v) is 1.51. The van der Waals surface area contributed by atoms with Crippen LogP contribution < -0.4 is 0 Å². The summed E-state index contributed by atoms with van der Waals surface area (Å²) in [5.41, 5.74) is 0. The number of phenolic OH excluding ortho intramolecular Hbond substituents is 3. The van der Waals surface area contributed by atoms with Crippen molar-refractivity contribution in [1.29, 1.82) is 0 Å². The molecular weight excluding hydrogens is 282 g/mol. The molecule has 1 aromatic rings. The lowest BCUT2D eigenvalue weighted by Gasteiger charge is -2.03. The molecule has 0 fully saturated rings. The van der Waals surface area contributed by atoms with E-state index in [2.05, 4.69) is 0 Å². The number of hydrogen-bond acceptors (Lipinski definition) is 3. The molecule has 11 heavy (non-hydrogen) atoms. The third kappa shape index (κ3) is 1.46. The summed E-state index contributed by atoms with van der Waals surface area (Å²) in [7, 11) is 0.